The smallest absolute Gasteiger partial charge is 0.126 e. The van der Waals surface area contributed by atoms with E-state index in [1.54, 1.807) is 7.11 Å². The summed E-state index contributed by atoms with van der Waals surface area (Å²) >= 11 is 3.65. The molecule has 0 bridgehead atoms. The number of rotatable bonds is 6. The molecule has 108 valence electrons. The Hall–Kier alpha value is -0.620. The van der Waals surface area contributed by atoms with E-state index in [0.29, 0.717) is 13.1 Å². The molecular formula is C14H24BrN3O. The van der Waals surface area contributed by atoms with Gasteiger partial charge in [-0.25, -0.2) is 0 Å². The van der Waals surface area contributed by atoms with E-state index in [1.165, 1.54) is 22.3 Å². The Labute approximate surface area is 124 Å². The zero-order chi connectivity index (χ0) is 14.6. The first-order valence-electron chi connectivity index (χ1n) is 6.42. The van der Waals surface area contributed by atoms with Gasteiger partial charge in [0.25, 0.3) is 0 Å². The molecule has 1 rings (SSSR count). The van der Waals surface area contributed by atoms with Gasteiger partial charge in [0.1, 0.15) is 5.75 Å². The molecule has 0 saturated carbocycles. The van der Waals surface area contributed by atoms with Gasteiger partial charge in [-0.15, -0.1) is 0 Å². The van der Waals surface area contributed by atoms with Crippen LogP contribution in [0.4, 0.5) is 0 Å². The Morgan fingerprint density at radius 3 is 2.37 bits per heavy atom. The summed E-state index contributed by atoms with van der Waals surface area (Å²) in [5, 5.41) is 3.34. The summed E-state index contributed by atoms with van der Waals surface area (Å²) in [5.74, 6) is 0.951. The maximum Gasteiger partial charge on any atom is 0.126 e. The fourth-order valence-electron chi connectivity index (χ4n) is 2.10. The molecule has 1 atom stereocenters. The van der Waals surface area contributed by atoms with Gasteiger partial charge in [-0.2, -0.15) is 0 Å². The minimum absolute atomic E-state index is 0.0127. The highest BCUT2D eigenvalue weighted by molar-refractivity contribution is 9.10. The van der Waals surface area contributed by atoms with E-state index in [2.05, 4.69) is 42.0 Å². The molecule has 0 heterocycles. The van der Waals surface area contributed by atoms with E-state index in [0.717, 1.165) is 16.8 Å². The maximum atomic E-state index is 5.80. The van der Waals surface area contributed by atoms with Crippen molar-refractivity contribution in [3.63, 3.8) is 0 Å². The van der Waals surface area contributed by atoms with Crippen LogP contribution >= 0.6 is 15.9 Å². The summed E-state index contributed by atoms with van der Waals surface area (Å²) in [6.07, 6.45) is 0. The third-order valence-electron chi connectivity index (χ3n) is 3.50. The molecule has 0 radical (unpaired) electrons. The average molecular weight is 330 g/mol. The van der Waals surface area contributed by atoms with Crippen LogP contribution < -0.4 is 21.5 Å². The first-order valence-corrected chi connectivity index (χ1v) is 7.21. The van der Waals surface area contributed by atoms with Gasteiger partial charge < -0.3 is 21.5 Å². The lowest BCUT2D eigenvalue weighted by Crippen LogP contribution is -2.39. The number of hydrogen-bond acceptors (Lipinski definition) is 4. The number of nitrogens with two attached hydrogens (primary N) is 2. The Kier molecular flexibility index (Phi) is 6.26. The Bertz CT molecular complexity index is 449. The normalized spacial score (nSPS) is 12.6. The molecule has 4 nitrogen and oxygen atoms in total. The summed E-state index contributed by atoms with van der Waals surface area (Å²) in [5.41, 5.74) is 16.1. The monoisotopic (exact) mass is 329 g/mol. The summed E-state index contributed by atoms with van der Waals surface area (Å²) in [6, 6.07) is -0.0127. The molecule has 0 aliphatic carbocycles. The fourth-order valence-corrected chi connectivity index (χ4v) is 2.64. The van der Waals surface area contributed by atoms with Crippen LogP contribution in [0.5, 0.6) is 5.75 Å². The summed E-state index contributed by atoms with van der Waals surface area (Å²) in [6.45, 7) is 8.18. The number of nitrogens with one attached hydrogen (secondary N) is 1. The predicted octanol–water partition coefficient (Wildman–Crippen LogP) is 1.76. The predicted molar refractivity (Wildman–Crippen MR) is 83.6 cm³/mol. The minimum atomic E-state index is -0.0127. The lowest BCUT2D eigenvalue weighted by molar-refractivity contribution is 0.403. The molecule has 0 spiro atoms. The first-order chi connectivity index (χ1) is 8.93. The number of benzene rings is 1. The highest BCUT2D eigenvalue weighted by atomic mass is 79.9. The molecule has 0 aromatic heterocycles. The van der Waals surface area contributed by atoms with Gasteiger partial charge in [-0.3, -0.25) is 0 Å². The van der Waals surface area contributed by atoms with Gasteiger partial charge in [0, 0.05) is 35.7 Å². The van der Waals surface area contributed by atoms with E-state index in [9.17, 15) is 0 Å². The van der Waals surface area contributed by atoms with E-state index in [-0.39, 0.29) is 6.04 Å². The molecule has 1 aromatic rings. The van der Waals surface area contributed by atoms with Crippen molar-refractivity contribution >= 4 is 15.9 Å². The van der Waals surface area contributed by atoms with Crippen LogP contribution in [-0.4, -0.2) is 26.2 Å². The van der Waals surface area contributed by atoms with Gasteiger partial charge in [-0.1, -0.05) is 15.9 Å². The van der Waals surface area contributed by atoms with Crippen LogP contribution in [0.25, 0.3) is 0 Å². The molecule has 0 saturated heterocycles. The van der Waals surface area contributed by atoms with Crippen molar-refractivity contribution in [1.29, 1.82) is 0 Å². The third kappa shape index (κ3) is 3.69. The van der Waals surface area contributed by atoms with Crippen LogP contribution in [0.1, 0.15) is 22.3 Å². The second-order valence-corrected chi connectivity index (χ2v) is 5.62. The summed E-state index contributed by atoms with van der Waals surface area (Å²) in [7, 11) is 1.71. The highest BCUT2D eigenvalue weighted by Crippen LogP contribution is 2.35. The number of ether oxygens (including phenoxy) is 1. The van der Waals surface area contributed by atoms with Crippen LogP contribution in [0.2, 0.25) is 0 Å². The molecule has 1 unspecified atom stereocenters. The average Bonchev–Trinajstić information content (AvgIpc) is 2.41. The standard InChI is InChI=1S/C14H24BrN3O/c1-8-9(2)14(19-4)12(10(3)13(8)15)7-18-6-11(17)5-16/h11,18H,5-7,16-17H2,1-4H3. The first kappa shape index (κ1) is 16.4. The molecule has 0 aliphatic rings. The Morgan fingerprint density at radius 1 is 1.21 bits per heavy atom. The van der Waals surface area contributed by atoms with Gasteiger partial charge in [-0.05, 0) is 37.5 Å². The molecule has 5 N–H and O–H groups in total. The van der Waals surface area contributed by atoms with E-state index in [1.807, 2.05) is 0 Å². The van der Waals surface area contributed by atoms with Crippen molar-refractivity contribution in [2.45, 2.75) is 33.4 Å². The Morgan fingerprint density at radius 2 is 1.84 bits per heavy atom. The van der Waals surface area contributed by atoms with Crippen LogP contribution in [0.15, 0.2) is 4.47 Å². The quantitative estimate of drug-likeness (QED) is 0.743. The SMILES string of the molecule is COc1c(C)c(C)c(Br)c(C)c1CNCC(N)CN. The molecule has 0 fully saturated rings. The Balaban J connectivity index is 2.99. The number of methoxy groups -OCH3 is 1. The number of halogens is 1. The van der Waals surface area contributed by atoms with Crippen LogP contribution in [0.3, 0.4) is 0 Å². The number of hydrogen-bond donors (Lipinski definition) is 3. The minimum Gasteiger partial charge on any atom is -0.496 e. The van der Waals surface area contributed by atoms with Gasteiger partial charge in [0.2, 0.25) is 0 Å². The topological polar surface area (TPSA) is 73.3 Å². The molecule has 0 aliphatic heterocycles. The van der Waals surface area contributed by atoms with Crippen molar-refractivity contribution in [2.75, 3.05) is 20.2 Å². The van der Waals surface area contributed by atoms with E-state index < -0.39 is 0 Å². The second-order valence-electron chi connectivity index (χ2n) is 4.83. The maximum absolute atomic E-state index is 5.80. The zero-order valence-corrected chi connectivity index (χ0v) is 13.7. The summed E-state index contributed by atoms with van der Waals surface area (Å²) < 4.78 is 6.70. The van der Waals surface area contributed by atoms with E-state index >= 15 is 0 Å². The highest BCUT2D eigenvalue weighted by Gasteiger charge is 2.16. The largest absolute Gasteiger partial charge is 0.496 e. The molecule has 1 aromatic carbocycles. The molecular weight excluding hydrogens is 306 g/mol. The second kappa shape index (κ2) is 7.24. The van der Waals surface area contributed by atoms with Crippen molar-refractivity contribution in [2.24, 2.45) is 11.5 Å². The van der Waals surface area contributed by atoms with Crippen molar-refractivity contribution in [3.8, 4) is 5.75 Å². The van der Waals surface area contributed by atoms with Crippen LogP contribution in [0, 0.1) is 20.8 Å². The lowest BCUT2D eigenvalue weighted by atomic mass is 9.99. The lowest BCUT2D eigenvalue weighted by Gasteiger charge is -2.20. The van der Waals surface area contributed by atoms with Crippen molar-refractivity contribution < 1.29 is 4.74 Å². The molecule has 19 heavy (non-hydrogen) atoms. The van der Waals surface area contributed by atoms with Gasteiger partial charge >= 0.3 is 0 Å². The van der Waals surface area contributed by atoms with Gasteiger partial charge in [0.05, 0.1) is 7.11 Å². The third-order valence-corrected chi connectivity index (χ3v) is 4.69. The van der Waals surface area contributed by atoms with Crippen molar-refractivity contribution in [3.05, 3.63) is 26.7 Å². The molecule has 0 amide bonds. The zero-order valence-electron chi connectivity index (χ0n) is 12.1. The van der Waals surface area contributed by atoms with Crippen molar-refractivity contribution in [1.82, 2.24) is 5.32 Å². The van der Waals surface area contributed by atoms with Gasteiger partial charge in [0.15, 0.2) is 0 Å². The summed E-state index contributed by atoms with van der Waals surface area (Å²) in [4.78, 5) is 0. The fraction of sp³-hybridized carbons (Fsp3) is 0.571. The van der Waals surface area contributed by atoms with E-state index in [4.69, 9.17) is 16.2 Å². The molecule has 5 heteroatoms. The van der Waals surface area contributed by atoms with Crippen LogP contribution in [-0.2, 0) is 6.54 Å².